The summed E-state index contributed by atoms with van der Waals surface area (Å²) >= 11 is 12.0. The molecule has 0 aliphatic rings. The fourth-order valence-corrected chi connectivity index (χ4v) is 1.93. The van der Waals surface area contributed by atoms with Gasteiger partial charge in [0, 0.05) is 6.04 Å². The highest BCUT2D eigenvalue weighted by Gasteiger charge is 2.11. The summed E-state index contributed by atoms with van der Waals surface area (Å²) in [5.74, 6) is 0.534. The van der Waals surface area contributed by atoms with Crippen molar-refractivity contribution in [1.82, 2.24) is 9.97 Å². The van der Waals surface area contributed by atoms with Gasteiger partial charge < -0.3 is 10.4 Å². The number of nitrogens with one attached hydrogen (secondary N) is 1. The number of aromatic nitrogens is 2. The molecule has 0 aliphatic carbocycles. The summed E-state index contributed by atoms with van der Waals surface area (Å²) in [5.41, 5.74) is 0.671. The fourth-order valence-electron chi connectivity index (χ4n) is 1.50. The van der Waals surface area contributed by atoms with E-state index in [1.54, 1.807) is 12.1 Å². The Balaban J connectivity index is 2.60. The van der Waals surface area contributed by atoms with Crippen molar-refractivity contribution in [1.29, 1.82) is 0 Å². The summed E-state index contributed by atoms with van der Waals surface area (Å²) in [6, 6.07) is 5.23. The molecule has 2 rings (SSSR count). The van der Waals surface area contributed by atoms with Crippen molar-refractivity contribution in [2.24, 2.45) is 0 Å². The van der Waals surface area contributed by atoms with Crippen LogP contribution in [0.3, 0.4) is 0 Å². The van der Waals surface area contributed by atoms with Gasteiger partial charge in [-0.2, -0.15) is 0 Å². The molecule has 90 valence electrons. The highest BCUT2D eigenvalue weighted by Crippen LogP contribution is 2.29. The average molecular weight is 272 g/mol. The topological polar surface area (TPSA) is 58.0 Å². The normalized spacial score (nSPS) is 12.7. The number of nitrogens with zero attached hydrogens (tertiary/aromatic N) is 2. The molecule has 0 saturated heterocycles. The van der Waals surface area contributed by atoms with Crippen molar-refractivity contribution >= 4 is 39.9 Å². The second-order valence-corrected chi connectivity index (χ2v) is 4.45. The first-order chi connectivity index (χ1) is 8.11. The first-order valence-corrected chi connectivity index (χ1v) is 5.86. The lowest BCUT2D eigenvalue weighted by molar-refractivity contribution is 0.281. The highest BCUT2D eigenvalue weighted by molar-refractivity contribution is 6.36. The van der Waals surface area contributed by atoms with Gasteiger partial charge in [0.25, 0.3) is 0 Å². The van der Waals surface area contributed by atoms with Gasteiger partial charge >= 0.3 is 0 Å². The van der Waals surface area contributed by atoms with Crippen LogP contribution in [0, 0.1) is 0 Å². The van der Waals surface area contributed by atoms with E-state index in [9.17, 15) is 0 Å². The van der Waals surface area contributed by atoms with Crippen molar-refractivity contribution in [3.8, 4) is 0 Å². The van der Waals surface area contributed by atoms with Crippen LogP contribution in [-0.4, -0.2) is 27.7 Å². The molecule has 2 aromatic rings. The molecule has 1 atom stereocenters. The van der Waals surface area contributed by atoms with Crippen molar-refractivity contribution in [2.45, 2.75) is 13.0 Å². The molecule has 0 unspecified atom stereocenters. The molecule has 0 bridgehead atoms. The Morgan fingerprint density at radius 1 is 1.35 bits per heavy atom. The molecule has 0 radical (unpaired) electrons. The van der Waals surface area contributed by atoms with Crippen LogP contribution >= 0.6 is 23.2 Å². The monoisotopic (exact) mass is 271 g/mol. The molecule has 2 N–H and O–H groups in total. The van der Waals surface area contributed by atoms with Gasteiger partial charge in [-0.1, -0.05) is 17.7 Å². The van der Waals surface area contributed by atoms with Crippen molar-refractivity contribution < 1.29 is 5.11 Å². The fraction of sp³-hybridized carbons (Fsp3) is 0.273. The van der Waals surface area contributed by atoms with E-state index in [1.807, 2.05) is 13.0 Å². The van der Waals surface area contributed by atoms with E-state index < -0.39 is 0 Å². The predicted octanol–water partition coefficient (Wildman–Crippen LogP) is 2.73. The first kappa shape index (κ1) is 12.4. The molecule has 1 heterocycles. The van der Waals surface area contributed by atoms with Crippen LogP contribution in [0.5, 0.6) is 0 Å². The van der Waals surface area contributed by atoms with Gasteiger partial charge in [0.15, 0.2) is 0 Å². The summed E-state index contributed by atoms with van der Waals surface area (Å²) in [6.07, 6.45) is 0. The number of benzene rings is 1. The summed E-state index contributed by atoms with van der Waals surface area (Å²) in [6.45, 7) is 1.83. The van der Waals surface area contributed by atoms with Crippen LogP contribution in [0.2, 0.25) is 10.3 Å². The molecule has 0 saturated carbocycles. The van der Waals surface area contributed by atoms with Gasteiger partial charge in [-0.3, -0.25) is 0 Å². The molecule has 17 heavy (non-hydrogen) atoms. The lowest BCUT2D eigenvalue weighted by atomic mass is 10.2. The van der Waals surface area contributed by atoms with Gasteiger partial charge in [-0.05, 0) is 30.7 Å². The SMILES string of the molecule is C[C@H](CO)Nc1nc(Cl)nc2cccc(Cl)c12. The molecule has 6 heteroatoms. The minimum Gasteiger partial charge on any atom is -0.394 e. The quantitative estimate of drug-likeness (QED) is 0.843. The smallest absolute Gasteiger partial charge is 0.224 e. The molecule has 1 aromatic carbocycles. The van der Waals surface area contributed by atoms with Gasteiger partial charge in [-0.25, -0.2) is 9.97 Å². The summed E-state index contributed by atoms with van der Waals surface area (Å²) < 4.78 is 0. The largest absolute Gasteiger partial charge is 0.394 e. The Labute approximate surface area is 109 Å². The number of hydrogen-bond acceptors (Lipinski definition) is 4. The van der Waals surface area contributed by atoms with E-state index in [0.717, 1.165) is 0 Å². The third kappa shape index (κ3) is 2.60. The van der Waals surface area contributed by atoms with E-state index in [0.29, 0.717) is 21.7 Å². The van der Waals surface area contributed by atoms with E-state index in [-0.39, 0.29) is 17.9 Å². The number of halogens is 2. The Morgan fingerprint density at radius 3 is 2.82 bits per heavy atom. The van der Waals surface area contributed by atoms with E-state index in [4.69, 9.17) is 28.3 Å². The van der Waals surface area contributed by atoms with Crippen LogP contribution in [0.15, 0.2) is 18.2 Å². The molecule has 0 amide bonds. The lowest BCUT2D eigenvalue weighted by Crippen LogP contribution is -2.20. The number of anilines is 1. The summed E-state index contributed by atoms with van der Waals surface area (Å²) in [7, 11) is 0. The molecule has 0 fully saturated rings. The zero-order valence-corrected chi connectivity index (χ0v) is 10.6. The zero-order chi connectivity index (χ0) is 12.4. The third-order valence-corrected chi connectivity index (χ3v) is 2.79. The minimum absolute atomic E-state index is 0.00638. The van der Waals surface area contributed by atoms with Crippen LogP contribution < -0.4 is 5.32 Å². The molecular formula is C11H11Cl2N3O. The number of rotatable bonds is 3. The second kappa shape index (κ2) is 5.04. The number of aliphatic hydroxyl groups excluding tert-OH is 1. The summed E-state index contributed by atoms with van der Waals surface area (Å²) in [4.78, 5) is 8.20. The van der Waals surface area contributed by atoms with Crippen LogP contribution in [0.1, 0.15) is 6.92 Å². The maximum atomic E-state index is 9.03. The van der Waals surface area contributed by atoms with Crippen LogP contribution in [0.4, 0.5) is 5.82 Å². The van der Waals surface area contributed by atoms with E-state index in [2.05, 4.69) is 15.3 Å². The van der Waals surface area contributed by atoms with Crippen molar-refractivity contribution in [3.63, 3.8) is 0 Å². The molecule has 1 aromatic heterocycles. The molecule has 0 aliphatic heterocycles. The highest BCUT2D eigenvalue weighted by atomic mass is 35.5. The van der Waals surface area contributed by atoms with Gasteiger partial charge in [0.1, 0.15) is 5.82 Å². The minimum atomic E-state index is -0.138. The van der Waals surface area contributed by atoms with Crippen molar-refractivity contribution in [3.05, 3.63) is 28.5 Å². The summed E-state index contributed by atoms with van der Waals surface area (Å²) in [5, 5.41) is 13.5. The molecular weight excluding hydrogens is 261 g/mol. The maximum Gasteiger partial charge on any atom is 0.224 e. The van der Waals surface area contributed by atoms with Gasteiger partial charge in [-0.15, -0.1) is 0 Å². The first-order valence-electron chi connectivity index (χ1n) is 5.11. The number of fused-ring (bicyclic) bond motifs is 1. The van der Waals surface area contributed by atoms with Crippen molar-refractivity contribution in [2.75, 3.05) is 11.9 Å². The molecule has 0 spiro atoms. The second-order valence-electron chi connectivity index (χ2n) is 3.70. The lowest BCUT2D eigenvalue weighted by Gasteiger charge is -2.14. The van der Waals surface area contributed by atoms with E-state index in [1.165, 1.54) is 0 Å². The molecule has 4 nitrogen and oxygen atoms in total. The zero-order valence-electron chi connectivity index (χ0n) is 9.11. The van der Waals surface area contributed by atoms with E-state index >= 15 is 0 Å². The van der Waals surface area contributed by atoms with Crippen LogP contribution in [0.25, 0.3) is 10.9 Å². The van der Waals surface area contributed by atoms with Gasteiger partial charge in [0.05, 0.1) is 22.5 Å². The third-order valence-electron chi connectivity index (χ3n) is 2.30. The maximum absolute atomic E-state index is 9.03. The Hall–Kier alpha value is -1.10. The van der Waals surface area contributed by atoms with Crippen LogP contribution in [-0.2, 0) is 0 Å². The standard InChI is InChI=1S/C11H11Cl2N3O/c1-6(5-17)14-10-9-7(12)3-2-4-8(9)15-11(13)16-10/h2-4,6,17H,5H2,1H3,(H,14,15,16)/t6-/m1/s1. The number of aliphatic hydroxyl groups is 1. The average Bonchev–Trinajstić information content (AvgIpc) is 2.28. The Morgan fingerprint density at radius 2 is 2.12 bits per heavy atom. The predicted molar refractivity (Wildman–Crippen MR) is 69.7 cm³/mol. The number of hydrogen-bond donors (Lipinski definition) is 2. The Kier molecular flexibility index (Phi) is 3.66. The Bertz CT molecular complexity index is 547. The van der Waals surface area contributed by atoms with Gasteiger partial charge in [0.2, 0.25) is 5.28 Å².